The van der Waals surface area contributed by atoms with Crippen molar-refractivity contribution in [3.63, 3.8) is 0 Å². The molecular weight excluding hydrogens is 431 g/mol. The van der Waals surface area contributed by atoms with Crippen LogP contribution in [0.15, 0.2) is 18.2 Å². The van der Waals surface area contributed by atoms with Gasteiger partial charge in [-0.2, -0.15) is 18.4 Å². The topological polar surface area (TPSA) is 119 Å². The van der Waals surface area contributed by atoms with Crippen LogP contribution in [-0.4, -0.2) is 82.5 Å². The summed E-state index contributed by atoms with van der Waals surface area (Å²) in [4.78, 5) is 29.6. The molecule has 2 unspecified atom stereocenters. The number of nitriles is 1. The average molecular weight is 455 g/mol. The third-order valence-corrected chi connectivity index (χ3v) is 5.63. The minimum atomic E-state index is -5.08. The Kier molecular flexibility index (Phi) is 7.08. The number of carboxylic acid groups (broad SMARTS) is 1. The highest BCUT2D eigenvalue weighted by Crippen LogP contribution is 2.36. The molecule has 2 N–H and O–H groups in total. The highest BCUT2D eigenvalue weighted by molar-refractivity contribution is 5.75. The molecule has 12 heteroatoms. The van der Waals surface area contributed by atoms with Gasteiger partial charge in [0.05, 0.1) is 24.8 Å². The van der Waals surface area contributed by atoms with E-state index in [0.717, 1.165) is 45.3 Å². The zero-order chi connectivity index (χ0) is 23.4. The van der Waals surface area contributed by atoms with E-state index < -0.39 is 12.1 Å². The molecule has 174 valence electrons. The first kappa shape index (κ1) is 23.6. The molecule has 3 saturated heterocycles. The van der Waals surface area contributed by atoms with Gasteiger partial charge in [-0.1, -0.05) is 6.07 Å². The molecule has 0 bridgehead atoms. The molecule has 4 heterocycles. The smallest absolute Gasteiger partial charge is 0.475 e. The molecule has 1 aromatic heterocycles. The lowest BCUT2D eigenvalue weighted by Crippen LogP contribution is -2.43. The number of ether oxygens (including phenoxy) is 1. The number of hydrogen-bond acceptors (Lipinski definition) is 6. The Morgan fingerprint density at radius 1 is 1.25 bits per heavy atom. The van der Waals surface area contributed by atoms with Gasteiger partial charge in [0.15, 0.2) is 0 Å². The van der Waals surface area contributed by atoms with E-state index in [4.69, 9.17) is 19.9 Å². The predicted molar refractivity (Wildman–Crippen MR) is 106 cm³/mol. The molecule has 3 aliphatic rings. The SMILES string of the molecule is N#Cc1cccc(NC2COC3(CCN(C(=O)N4CCCC4)C3)C2)n1.O=C(O)C(F)(F)F. The molecule has 0 aromatic carbocycles. The number of nitrogens with zero attached hydrogens (tertiary/aromatic N) is 4. The van der Waals surface area contributed by atoms with Gasteiger partial charge in [-0.15, -0.1) is 0 Å². The Morgan fingerprint density at radius 2 is 1.94 bits per heavy atom. The van der Waals surface area contributed by atoms with Gasteiger partial charge in [0.25, 0.3) is 0 Å². The molecule has 0 radical (unpaired) electrons. The van der Waals surface area contributed by atoms with Crippen LogP contribution in [-0.2, 0) is 9.53 Å². The second kappa shape index (κ2) is 9.60. The van der Waals surface area contributed by atoms with Crippen LogP contribution in [0, 0.1) is 11.3 Å². The van der Waals surface area contributed by atoms with E-state index in [1.807, 2.05) is 21.9 Å². The number of carbonyl (C=O) groups excluding carboxylic acids is 1. The second-order valence-corrected chi connectivity index (χ2v) is 8.01. The molecule has 1 aromatic rings. The Hall–Kier alpha value is -3.07. The summed E-state index contributed by atoms with van der Waals surface area (Å²) >= 11 is 0. The summed E-state index contributed by atoms with van der Waals surface area (Å²) < 4.78 is 37.9. The first-order valence-corrected chi connectivity index (χ1v) is 10.2. The van der Waals surface area contributed by atoms with Crippen LogP contribution in [0.4, 0.5) is 23.8 Å². The number of pyridine rings is 1. The van der Waals surface area contributed by atoms with Gasteiger partial charge in [-0.3, -0.25) is 0 Å². The summed E-state index contributed by atoms with van der Waals surface area (Å²) in [7, 11) is 0. The molecule has 4 rings (SSSR count). The molecule has 32 heavy (non-hydrogen) atoms. The molecule has 0 aliphatic carbocycles. The quantitative estimate of drug-likeness (QED) is 0.703. The van der Waals surface area contributed by atoms with Crippen molar-refractivity contribution in [1.29, 1.82) is 5.26 Å². The monoisotopic (exact) mass is 455 g/mol. The van der Waals surface area contributed by atoms with Gasteiger partial charge in [-0.05, 0) is 31.4 Å². The Morgan fingerprint density at radius 3 is 2.56 bits per heavy atom. The second-order valence-electron chi connectivity index (χ2n) is 8.01. The van der Waals surface area contributed by atoms with Crippen molar-refractivity contribution in [2.75, 3.05) is 38.1 Å². The van der Waals surface area contributed by atoms with Crippen LogP contribution < -0.4 is 5.32 Å². The van der Waals surface area contributed by atoms with Gasteiger partial charge in [0.1, 0.15) is 17.6 Å². The number of nitrogens with one attached hydrogen (secondary N) is 1. The van der Waals surface area contributed by atoms with Crippen molar-refractivity contribution in [3.05, 3.63) is 23.9 Å². The zero-order valence-electron chi connectivity index (χ0n) is 17.3. The van der Waals surface area contributed by atoms with Gasteiger partial charge in [0.2, 0.25) is 0 Å². The summed E-state index contributed by atoms with van der Waals surface area (Å²) in [5.74, 6) is -2.06. The maximum Gasteiger partial charge on any atom is 0.490 e. The van der Waals surface area contributed by atoms with Crippen LogP contribution in [0.2, 0.25) is 0 Å². The number of carboxylic acids is 1. The minimum Gasteiger partial charge on any atom is -0.475 e. The fourth-order valence-corrected chi connectivity index (χ4v) is 4.12. The van der Waals surface area contributed by atoms with E-state index in [1.54, 1.807) is 6.07 Å². The number of amides is 2. The Labute approximate surface area is 182 Å². The van der Waals surface area contributed by atoms with Gasteiger partial charge in [-0.25, -0.2) is 14.6 Å². The van der Waals surface area contributed by atoms with Crippen molar-refractivity contribution in [2.24, 2.45) is 0 Å². The van der Waals surface area contributed by atoms with Crippen LogP contribution in [0.1, 0.15) is 31.4 Å². The number of likely N-dealkylation sites (tertiary alicyclic amines) is 2. The fourth-order valence-electron chi connectivity index (χ4n) is 4.12. The van der Waals surface area contributed by atoms with E-state index in [2.05, 4.69) is 16.4 Å². The van der Waals surface area contributed by atoms with Gasteiger partial charge in [0, 0.05) is 26.1 Å². The average Bonchev–Trinajstić information content (AvgIpc) is 3.50. The highest BCUT2D eigenvalue weighted by Gasteiger charge is 2.47. The third-order valence-electron chi connectivity index (χ3n) is 5.63. The summed E-state index contributed by atoms with van der Waals surface area (Å²) in [5.41, 5.74) is 0.168. The van der Waals surface area contributed by atoms with E-state index in [1.165, 1.54) is 0 Å². The van der Waals surface area contributed by atoms with Crippen LogP contribution in [0.25, 0.3) is 0 Å². The number of hydrogen-bond donors (Lipinski definition) is 2. The van der Waals surface area contributed by atoms with Crippen molar-refractivity contribution in [2.45, 2.75) is 43.5 Å². The number of rotatable bonds is 2. The first-order valence-electron chi connectivity index (χ1n) is 10.2. The van der Waals surface area contributed by atoms with E-state index >= 15 is 0 Å². The van der Waals surface area contributed by atoms with Crippen molar-refractivity contribution in [1.82, 2.24) is 14.8 Å². The number of aromatic nitrogens is 1. The third kappa shape index (κ3) is 5.79. The summed E-state index contributed by atoms with van der Waals surface area (Å²) in [5, 5.41) is 19.4. The number of alkyl halides is 3. The number of anilines is 1. The maximum atomic E-state index is 12.6. The summed E-state index contributed by atoms with van der Waals surface area (Å²) in [6, 6.07) is 7.76. The Bertz CT molecular complexity index is 885. The van der Waals surface area contributed by atoms with Crippen LogP contribution in [0.3, 0.4) is 0 Å². The number of carbonyl (C=O) groups is 2. The first-order chi connectivity index (χ1) is 15.1. The lowest BCUT2D eigenvalue weighted by atomic mass is 9.97. The number of urea groups is 1. The zero-order valence-corrected chi connectivity index (χ0v) is 17.3. The maximum absolute atomic E-state index is 12.6. The molecule has 9 nitrogen and oxygen atoms in total. The van der Waals surface area contributed by atoms with Gasteiger partial charge >= 0.3 is 18.2 Å². The van der Waals surface area contributed by atoms with Crippen LogP contribution in [0.5, 0.6) is 0 Å². The van der Waals surface area contributed by atoms with Crippen molar-refractivity contribution in [3.8, 4) is 6.07 Å². The molecular formula is C20H24F3N5O4. The minimum absolute atomic E-state index is 0.156. The molecule has 2 atom stereocenters. The molecule has 1 spiro atoms. The molecule has 3 aliphatic heterocycles. The summed E-state index contributed by atoms with van der Waals surface area (Å²) in [6.45, 7) is 3.81. The Balaban J connectivity index is 0.000000360. The standard InChI is InChI=1S/C18H23N5O2.C2HF3O2/c19-11-14-4-3-5-16(20-14)21-15-10-18(25-12-15)6-9-23(13-18)17(24)22-7-1-2-8-22;3-2(4,5)1(6)7/h3-5,15H,1-2,6-10,12-13H2,(H,20,21);(H,6,7). The summed E-state index contributed by atoms with van der Waals surface area (Å²) in [6.07, 6.45) is -1.12. The number of aliphatic carboxylic acids is 1. The van der Waals surface area contributed by atoms with Crippen molar-refractivity contribution >= 4 is 17.8 Å². The van der Waals surface area contributed by atoms with E-state index in [9.17, 15) is 18.0 Å². The van der Waals surface area contributed by atoms with Crippen LogP contribution >= 0.6 is 0 Å². The largest absolute Gasteiger partial charge is 0.490 e. The molecule has 0 saturated carbocycles. The van der Waals surface area contributed by atoms with E-state index in [0.29, 0.717) is 24.7 Å². The normalized spacial score (nSPS) is 24.8. The lowest BCUT2D eigenvalue weighted by molar-refractivity contribution is -0.192. The van der Waals surface area contributed by atoms with Crippen molar-refractivity contribution < 1.29 is 32.6 Å². The molecule has 3 fully saturated rings. The fraction of sp³-hybridized carbons (Fsp3) is 0.600. The van der Waals surface area contributed by atoms with Gasteiger partial charge < -0.3 is 25.0 Å². The predicted octanol–water partition coefficient (Wildman–Crippen LogP) is 2.45. The molecule has 2 amide bonds. The lowest BCUT2D eigenvalue weighted by Gasteiger charge is -2.26. The highest BCUT2D eigenvalue weighted by atomic mass is 19.4. The van der Waals surface area contributed by atoms with E-state index in [-0.39, 0.29) is 17.7 Å². The number of halogens is 3.